The van der Waals surface area contributed by atoms with Gasteiger partial charge in [0.25, 0.3) is 0 Å². The van der Waals surface area contributed by atoms with Crippen molar-refractivity contribution in [2.24, 2.45) is 5.73 Å². The Kier molecular flexibility index (Phi) is 7.95. The lowest BCUT2D eigenvalue weighted by Gasteiger charge is -2.33. The van der Waals surface area contributed by atoms with Crippen LogP contribution in [0.5, 0.6) is 5.75 Å². The number of nitrogens with zero attached hydrogens (tertiary/aromatic N) is 1. The van der Waals surface area contributed by atoms with E-state index >= 15 is 0 Å². The molecule has 0 bridgehead atoms. The van der Waals surface area contributed by atoms with Crippen LogP contribution in [-0.4, -0.2) is 56.0 Å². The van der Waals surface area contributed by atoms with Gasteiger partial charge in [0.2, 0.25) is 21.8 Å². The monoisotopic (exact) mass is 549 g/mol. The molecule has 1 saturated heterocycles. The van der Waals surface area contributed by atoms with Crippen molar-refractivity contribution in [3.63, 3.8) is 0 Å². The van der Waals surface area contributed by atoms with E-state index in [1.807, 2.05) is 40.0 Å². The number of nitrogens with two attached hydrogens (primary N) is 1. The highest BCUT2D eigenvalue weighted by Crippen LogP contribution is 2.42. The molecule has 0 radical (unpaired) electrons. The zero-order chi connectivity index (χ0) is 26.8. The predicted molar refractivity (Wildman–Crippen MR) is 121 cm³/mol. The third-order valence-electron chi connectivity index (χ3n) is 5.52. The second-order valence-electron chi connectivity index (χ2n) is 7.98. The number of carbonyl (C=O) groups is 3. The van der Waals surface area contributed by atoms with Gasteiger partial charge >= 0.3 is 12.1 Å². The largest absolute Gasteiger partial charge is 0.497 e. The lowest BCUT2D eigenvalue weighted by molar-refractivity contribution is -0.192. The highest BCUT2D eigenvalue weighted by Gasteiger charge is 2.41. The molecule has 10 nitrogen and oxygen atoms in total. The van der Waals surface area contributed by atoms with Crippen molar-refractivity contribution in [2.75, 3.05) is 13.7 Å². The summed E-state index contributed by atoms with van der Waals surface area (Å²) in [4.78, 5) is 36.1. The molecule has 2 aliphatic heterocycles. The summed E-state index contributed by atoms with van der Waals surface area (Å²) in [6, 6.07) is 8.78. The number of amides is 2. The van der Waals surface area contributed by atoms with Gasteiger partial charge in [-0.2, -0.15) is 13.2 Å². The fraction of sp³-hybridized carbons (Fsp3) is 0.381. The van der Waals surface area contributed by atoms with E-state index in [9.17, 15) is 31.2 Å². The number of primary amides is 1. The number of benzene rings is 1. The number of thiophene rings is 1. The van der Waals surface area contributed by atoms with Gasteiger partial charge in [-0.3, -0.25) is 19.2 Å². The molecule has 196 valence electrons. The first-order chi connectivity index (χ1) is 16.7. The van der Waals surface area contributed by atoms with Crippen molar-refractivity contribution in [1.82, 2.24) is 9.62 Å². The summed E-state index contributed by atoms with van der Waals surface area (Å²) in [7, 11) is -2.12. The Hall–Kier alpha value is -3.17. The van der Waals surface area contributed by atoms with Crippen LogP contribution in [0.25, 0.3) is 0 Å². The van der Waals surface area contributed by atoms with Crippen molar-refractivity contribution in [2.45, 2.75) is 36.9 Å². The van der Waals surface area contributed by atoms with Crippen LogP contribution < -0.4 is 15.2 Å². The number of halogens is 3. The number of alkyl halides is 3. The quantitative estimate of drug-likeness (QED) is 0.510. The molecule has 1 fully saturated rings. The molecule has 4 N–H and O–H groups in total. The van der Waals surface area contributed by atoms with Gasteiger partial charge in [-0.05, 0) is 35.7 Å². The van der Waals surface area contributed by atoms with E-state index in [0.717, 1.165) is 21.8 Å². The SMILES string of the molecule is COc1ccc(CN2CCc3cc(C4CC(=O)NS4(=O)=O)sc3C2C(N)=O)cc1.O=C(O)C(F)(F)F. The average molecular weight is 550 g/mol. The summed E-state index contributed by atoms with van der Waals surface area (Å²) in [5.41, 5.74) is 7.68. The van der Waals surface area contributed by atoms with E-state index < -0.39 is 45.3 Å². The van der Waals surface area contributed by atoms with Crippen LogP contribution in [0, 0.1) is 0 Å². The Balaban J connectivity index is 0.000000454. The Morgan fingerprint density at radius 3 is 2.36 bits per heavy atom. The van der Waals surface area contributed by atoms with Gasteiger partial charge in [0.1, 0.15) is 17.0 Å². The molecule has 3 heterocycles. The molecule has 2 aliphatic rings. The van der Waals surface area contributed by atoms with Gasteiger partial charge < -0.3 is 15.6 Å². The van der Waals surface area contributed by atoms with Crippen molar-refractivity contribution in [3.05, 3.63) is 51.2 Å². The van der Waals surface area contributed by atoms with Crippen LogP contribution in [-0.2, 0) is 37.4 Å². The number of nitrogens with one attached hydrogen (secondary N) is 1. The summed E-state index contributed by atoms with van der Waals surface area (Å²) < 4.78 is 63.4. The van der Waals surface area contributed by atoms with E-state index in [1.54, 1.807) is 7.11 Å². The van der Waals surface area contributed by atoms with Gasteiger partial charge in [-0.15, -0.1) is 11.3 Å². The first-order valence-corrected chi connectivity index (χ1v) is 12.7. The molecule has 4 rings (SSSR count). The minimum absolute atomic E-state index is 0.0987. The van der Waals surface area contributed by atoms with Crippen LogP contribution in [0.15, 0.2) is 30.3 Å². The Bertz CT molecular complexity index is 1260. The number of hydrogen-bond acceptors (Lipinski definition) is 8. The van der Waals surface area contributed by atoms with E-state index in [4.69, 9.17) is 20.4 Å². The summed E-state index contributed by atoms with van der Waals surface area (Å²) >= 11 is 1.26. The third-order valence-corrected chi connectivity index (χ3v) is 8.69. The number of rotatable bonds is 5. The van der Waals surface area contributed by atoms with Gasteiger partial charge in [-0.25, -0.2) is 13.2 Å². The number of hydrogen-bond donors (Lipinski definition) is 3. The molecule has 2 amide bonds. The van der Waals surface area contributed by atoms with E-state index in [1.165, 1.54) is 11.3 Å². The maximum atomic E-state index is 12.3. The molecule has 2 atom stereocenters. The number of fused-ring (bicyclic) bond motifs is 1. The molecule has 1 aromatic carbocycles. The Morgan fingerprint density at radius 1 is 1.28 bits per heavy atom. The third kappa shape index (κ3) is 6.14. The second kappa shape index (κ2) is 10.4. The zero-order valence-corrected chi connectivity index (χ0v) is 20.4. The molecule has 2 unspecified atom stereocenters. The number of sulfonamides is 1. The highest BCUT2D eigenvalue weighted by atomic mass is 32.2. The molecule has 0 saturated carbocycles. The van der Waals surface area contributed by atoms with Crippen molar-refractivity contribution in [1.29, 1.82) is 0 Å². The van der Waals surface area contributed by atoms with Gasteiger partial charge in [0.05, 0.1) is 13.5 Å². The standard InChI is InChI=1S/C19H21N3O5S2.C2HF3O2/c1-27-13-4-2-11(3-5-13)10-22-7-6-12-8-14(28-18(12)17(22)19(20)24)15-9-16(23)21-29(15,25)26;3-2(4,5)1(6)7/h2-5,8,15,17H,6-7,9-10H2,1H3,(H2,20,24)(H,21,23);(H,6,7). The average Bonchev–Trinajstić information content (AvgIpc) is 3.32. The number of ether oxygens (including phenoxy) is 1. The van der Waals surface area contributed by atoms with Crippen LogP contribution >= 0.6 is 11.3 Å². The normalized spacial score (nSPS) is 21.1. The molecular formula is C21H22F3N3O7S2. The maximum absolute atomic E-state index is 12.3. The fourth-order valence-electron chi connectivity index (χ4n) is 3.86. The van der Waals surface area contributed by atoms with Gasteiger partial charge in [0, 0.05) is 22.8 Å². The molecule has 15 heteroatoms. The molecule has 0 spiro atoms. The predicted octanol–water partition coefficient (Wildman–Crippen LogP) is 1.87. The van der Waals surface area contributed by atoms with E-state index in [-0.39, 0.29) is 6.42 Å². The number of carbonyl (C=O) groups excluding carboxylic acids is 2. The summed E-state index contributed by atoms with van der Waals surface area (Å²) in [6.45, 7) is 1.16. The number of carboxylic acids is 1. The van der Waals surface area contributed by atoms with Crippen molar-refractivity contribution in [3.8, 4) is 5.75 Å². The minimum Gasteiger partial charge on any atom is -0.497 e. The molecule has 1 aromatic heterocycles. The van der Waals surface area contributed by atoms with E-state index in [2.05, 4.69) is 0 Å². The number of aliphatic carboxylic acids is 1. The summed E-state index contributed by atoms with van der Waals surface area (Å²) in [5, 5.41) is 6.22. The highest BCUT2D eigenvalue weighted by molar-refractivity contribution is 7.90. The second-order valence-corrected chi connectivity index (χ2v) is 11.0. The van der Waals surface area contributed by atoms with Gasteiger partial charge in [0.15, 0.2) is 0 Å². The summed E-state index contributed by atoms with van der Waals surface area (Å²) in [6.07, 6.45) is -4.50. The molecule has 36 heavy (non-hydrogen) atoms. The fourth-order valence-corrected chi connectivity index (χ4v) is 7.01. The first-order valence-electron chi connectivity index (χ1n) is 10.4. The van der Waals surface area contributed by atoms with Crippen molar-refractivity contribution >= 4 is 39.1 Å². The first kappa shape index (κ1) is 27.4. The lowest BCUT2D eigenvalue weighted by atomic mass is 9.99. The van der Waals surface area contributed by atoms with Crippen molar-refractivity contribution < 1.29 is 45.8 Å². The minimum atomic E-state index is -5.08. The Morgan fingerprint density at radius 2 is 1.89 bits per heavy atom. The molecular weight excluding hydrogens is 527 g/mol. The summed E-state index contributed by atoms with van der Waals surface area (Å²) in [5.74, 6) is -2.98. The van der Waals surface area contributed by atoms with E-state index in [0.29, 0.717) is 24.4 Å². The van der Waals surface area contributed by atoms with Crippen LogP contribution in [0.2, 0.25) is 0 Å². The smallest absolute Gasteiger partial charge is 0.490 e. The molecule has 0 aliphatic carbocycles. The molecule has 2 aromatic rings. The topological polar surface area (TPSA) is 156 Å². The lowest BCUT2D eigenvalue weighted by Crippen LogP contribution is -2.41. The zero-order valence-electron chi connectivity index (χ0n) is 18.7. The number of methoxy groups -OCH3 is 1. The Labute approximate surface area is 207 Å². The van der Waals surface area contributed by atoms with Crippen LogP contribution in [0.3, 0.4) is 0 Å². The maximum Gasteiger partial charge on any atom is 0.490 e. The number of carboxylic acid groups (broad SMARTS) is 1. The van der Waals surface area contributed by atoms with Gasteiger partial charge in [-0.1, -0.05) is 12.1 Å². The van der Waals surface area contributed by atoms with Crippen LogP contribution in [0.1, 0.15) is 38.6 Å². The van der Waals surface area contributed by atoms with Crippen LogP contribution in [0.4, 0.5) is 13.2 Å².